The first-order valence-corrected chi connectivity index (χ1v) is 6.97. The van der Waals surface area contributed by atoms with Gasteiger partial charge in [-0.1, -0.05) is 12.5 Å². The molecular weight excluding hydrogens is 220 g/mol. The Morgan fingerprint density at radius 1 is 1.22 bits per heavy atom. The molecular formula is C16H20N2. The van der Waals surface area contributed by atoms with Crippen LogP contribution in [0.25, 0.3) is 0 Å². The molecule has 0 spiro atoms. The van der Waals surface area contributed by atoms with Gasteiger partial charge in [-0.15, -0.1) is 0 Å². The van der Waals surface area contributed by atoms with E-state index in [0.717, 1.165) is 19.4 Å². The molecule has 1 fully saturated rings. The minimum absolute atomic E-state index is 0.0756. The van der Waals surface area contributed by atoms with E-state index < -0.39 is 0 Å². The number of hydrogen-bond donors (Lipinski definition) is 0. The van der Waals surface area contributed by atoms with Crippen LogP contribution >= 0.6 is 0 Å². The lowest BCUT2D eigenvalue weighted by Crippen LogP contribution is -2.39. The Morgan fingerprint density at radius 3 is 2.67 bits per heavy atom. The summed E-state index contributed by atoms with van der Waals surface area (Å²) in [6.45, 7) is 0.877. The molecule has 0 N–H and O–H groups in total. The van der Waals surface area contributed by atoms with E-state index in [4.69, 9.17) is 0 Å². The molecule has 1 aromatic carbocycles. The first kappa shape index (κ1) is 11.6. The van der Waals surface area contributed by atoms with Crippen LogP contribution in [0.2, 0.25) is 0 Å². The van der Waals surface area contributed by atoms with Gasteiger partial charge in [-0.05, 0) is 55.4 Å². The summed E-state index contributed by atoms with van der Waals surface area (Å²) in [6, 6.07) is 9.34. The van der Waals surface area contributed by atoms with Gasteiger partial charge in [-0.2, -0.15) is 5.26 Å². The number of fused-ring (bicyclic) bond motifs is 1. The van der Waals surface area contributed by atoms with Gasteiger partial charge in [0.05, 0.1) is 11.5 Å². The highest BCUT2D eigenvalue weighted by Gasteiger charge is 2.38. The van der Waals surface area contributed by atoms with Crippen molar-refractivity contribution in [2.24, 2.45) is 5.41 Å². The van der Waals surface area contributed by atoms with Crippen LogP contribution in [0.1, 0.15) is 36.8 Å². The Labute approximate surface area is 109 Å². The van der Waals surface area contributed by atoms with Gasteiger partial charge in [-0.25, -0.2) is 0 Å². The maximum atomic E-state index is 9.31. The molecule has 2 aliphatic carbocycles. The zero-order valence-electron chi connectivity index (χ0n) is 11.1. The number of anilines is 1. The topological polar surface area (TPSA) is 27.0 Å². The molecule has 94 valence electrons. The number of hydrogen-bond acceptors (Lipinski definition) is 2. The first-order chi connectivity index (χ1) is 8.72. The Bertz CT molecular complexity index is 494. The van der Waals surface area contributed by atoms with E-state index in [1.54, 1.807) is 0 Å². The fourth-order valence-electron chi connectivity index (χ4n) is 3.25. The van der Waals surface area contributed by atoms with Gasteiger partial charge in [0.25, 0.3) is 0 Å². The second-order valence-electron chi connectivity index (χ2n) is 5.91. The third-order valence-corrected chi connectivity index (χ3v) is 4.61. The molecule has 0 heterocycles. The zero-order valence-corrected chi connectivity index (χ0v) is 11.1. The normalized spacial score (nSPS) is 19.8. The number of nitrogens with zero attached hydrogens (tertiary/aromatic N) is 2. The summed E-state index contributed by atoms with van der Waals surface area (Å²) in [7, 11) is 2.12. The van der Waals surface area contributed by atoms with Crippen LogP contribution in [0.15, 0.2) is 18.2 Å². The summed E-state index contributed by atoms with van der Waals surface area (Å²) in [4.78, 5) is 2.26. The van der Waals surface area contributed by atoms with Crippen molar-refractivity contribution in [3.63, 3.8) is 0 Å². The van der Waals surface area contributed by atoms with Gasteiger partial charge in [-0.3, -0.25) is 0 Å². The number of benzene rings is 1. The highest BCUT2D eigenvalue weighted by molar-refractivity contribution is 5.52. The number of aryl methyl sites for hydroxylation is 2. The van der Waals surface area contributed by atoms with E-state index in [0.29, 0.717) is 0 Å². The van der Waals surface area contributed by atoms with Crippen molar-refractivity contribution in [3.8, 4) is 6.07 Å². The second kappa shape index (κ2) is 4.31. The van der Waals surface area contributed by atoms with E-state index in [9.17, 15) is 5.26 Å². The fourth-order valence-corrected chi connectivity index (χ4v) is 3.25. The zero-order chi connectivity index (χ0) is 12.6. The first-order valence-electron chi connectivity index (χ1n) is 6.97. The molecule has 0 aromatic heterocycles. The van der Waals surface area contributed by atoms with Gasteiger partial charge in [0.15, 0.2) is 0 Å². The van der Waals surface area contributed by atoms with Gasteiger partial charge < -0.3 is 4.90 Å². The smallest absolute Gasteiger partial charge is 0.0748 e. The molecule has 0 saturated heterocycles. The molecule has 2 heteroatoms. The summed E-state index contributed by atoms with van der Waals surface area (Å²) in [6.07, 6.45) is 7.11. The quantitative estimate of drug-likeness (QED) is 0.810. The lowest BCUT2D eigenvalue weighted by molar-refractivity contribution is 0.223. The largest absolute Gasteiger partial charge is 0.373 e. The summed E-state index contributed by atoms with van der Waals surface area (Å²) in [5, 5.41) is 9.31. The molecule has 0 unspecified atom stereocenters. The average molecular weight is 240 g/mol. The Kier molecular flexibility index (Phi) is 2.78. The molecule has 18 heavy (non-hydrogen) atoms. The van der Waals surface area contributed by atoms with Crippen molar-refractivity contribution in [3.05, 3.63) is 29.3 Å². The van der Waals surface area contributed by atoms with Crippen LogP contribution in [-0.2, 0) is 12.8 Å². The second-order valence-corrected chi connectivity index (χ2v) is 5.91. The summed E-state index contributed by atoms with van der Waals surface area (Å²) in [5.41, 5.74) is 4.23. The van der Waals surface area contributed by atoms with Crippen molar-refractivity contribution in [1.29, 1.82) is 5.26 Å². The van der Waals surface area contributed by atoms with Crippen LogP contribution in [-0.4, -0.2) is 13.6 Å². The lowest BCUT2D eigenvalue weighted by atomic mass is 9.69. The molecule has 1 aromatic rings. The fraction of sp³-hybridized carbons (Fsp3) is 0.562. The molecule has 0 amide bonds. The predicted octanol–water partition coefficient (Wildman–Crippen LogP) is 3.31. The van der Waals surface area contributed by atoms with E-state index in [1.807, 2.05) is 0 Å². The van der Waals surface area contributed by atoms with Gasteiger partial charge >= 0.3 is 0 Å². The van der Waals surface area contributed by atoms with Crippen molar-refractivity contribution in [1.82, 2.24) is 0 Å². The maximum absolute atomic E-state index is 9.31. The van der Waals surface area contributed by atoms with Crippen LogP contribution in [0, 0.1) is 16.7 Å². The molecule has 0 radical (unpaired) electrons. The van der Waals surface area contributed by atoms with Crippen LogP contribution in [0.3, 0.4) is 0 Å². The van der Waals surface area contributed by atoms with Crippen molar-refractivity contribution in [2.75, 3.05) is 18.5 Å². The summed E-state index contributed by atoms with van der Waals surface area (Å²) in [5.74, 6) is 0. The van der Waals surface area contributed by atoms with E-state index in [2.05, 4.69) is 36.2 Å². The third-order valence-electron chi connectivity index (χ3n) is 4.61. The van der Waals surface area contributed by atoms with Gasteiger partial charge in [0, 0.05) is 19.3 Å². The summed E-state index contributed by atoms with van der Waals surface area (Å²) < 4.78 is 0. The minimum Gasteiger partial charge on any atom is -0.373 e. The highest BCUT2D eigenvalue weighted by Crippen LogP contribution is 2.41. The van der Waals surface area contributed by atoms with E-state index in [1.165, 1.54) is 42.5 Å². The molecule has 0 atom stereocenters. The van der Waals surface area contributed by atoms with Crippen LogP contribution in [0.4, 0.5) is 5.69 Å². The molecule has 0 aliphatic heterocycles. The number of nitriles is 1. The Balaban J connectivity index is 1.76. The molecule has 1 saturated carbocycles. The van der Waals surface area contributed by atoms with Crippen molar-refractivity contribution < 1.29 is 0 Å². The van der Waals surface area contributed by atoms with Gasteiger partial charge in [0.2, 0.25) is 0 Å². The van der Waals surface area contributed by atoms with E-state index >= 15 is 0 Å². The number of rotatable bonds is 3. The predicted molar refractivity (Wildman–Crippen MR) is 73.6 cm³/mol. The van der Waals surface area contributed by atoms with Crippen molar-refractivity contribution in [2.45, 2.75) is 38.5 Å². The molecule has 2 nitrogen and oxygen atoms in total. The SMILES string of the molecule is CN(CC1(C#N)CCC1)c1ccc2c(c1)CCC2. The van der Waals surface area contributed by atoms with Gasteiger partial charge in [0.1, 0.15) is 0 Å². The maximum Gasteiger partial charge on any atom is 0.0748 e. The van der Waals surface area contributed by atoms with Crippen molar-refractivity contribution >= 4 is 5.69 Å². The molecule has 2 aliphatic rings. The van der Waals surface area contributed by atoms with Crippen LogP contribution in [0.5, 0.6) is 0 Å². The monoisotopic (exact) mass is 240 g/mol. The lowest BCUT2D eigenvalue weighted by Gasteiger charge is -2.39. The average Bonchev–Trinajstić information content (AvgIpc) is 2.80. The van der Waals surface area contributed by atoms with Crippen LogP contribution < -0.4 is 4.90 Å². The third kappa shape index (κ3) is 1.88. The summed E-state index contributed by atoms with van der Waals surface area (Å²) >= 11 is 0. The Hall–Kier alpha value is -1.49. The highest BCUT2D eigenvalue weighted by atomic mass is 15.1. The Morgan fingerprint density at radius 2 is 2.00 bits per heavy atom. The van der Waals surface area contributed by atoms with E-state index in [-0.39, 0.29) is 5.41 Å². The standard InChI is InChI=1S/C16H20N2/c1-18(12-16(11-17)8-3-9-16)15-7-6-13-4-2-5-14(13)10-15/h6-7,10H,2-5,8-9,12H2,1H3. The molecule has 3 rings (SSSR count). The minimum atomic E-state index is -0.0756. The molecule has 0 bridgehead atoms.